The predicted octanol–water partition coefficient (Wildman–Crippen LogP) is 4.02. The third-order valence-electron chi connectivity index (χ3n) is 5.09. The molecule has 0 saturated carbocycles. The van der Waals surface area contributed by atoms with E-state index in [0.717, 1.165) is 30.8 Å². The van der Waals surface area contributed by atoms with E-state index in [2.05, 4.69) is 28.4 Å². The summed E-state index contributed by atoms with van der Waals surface area (Å²) in [5.74, 6) is 1.02. The summed E-state index contributed by atoms with van der Waals surface area (Å²) in [5.41, 5.74) is 3.45. The maximum absolute atomic E-state index is 12.3. The van der Waals surface area contributed by atoms with Crippen molar-refractivity contribution in [1.82, 2.24) is 10.2 Å². The molecule has 0 bridgehead atoms. The first kappa shape index (κ1) is 20.9. The fraction of sp³-hybridized carbons (Fsp3) is 0.375. The molecule has 0 radical (unpaired) electrons. The molecule has 2 aromatic carbocycles. The van der Waals surface area contributed by atoms with Gasteiger partial charge in [-0.2, -0.15) is 0 Å². The molecule has 0 spiro atoms. The van der Waals surface area contributed by atoms with Crippen molar-refractivity contribution in [3.05, 3.63) is 65.2 Å². The van der Waals surface area contributed by atoms with Crippen molar-refractivity contribution in [2.75, 3.05) is 26.8 Å². The highest BCUT2D eigenvalue weighted by Gasteiger charge is 2.14. The Morgan fingerprint density at radius 3 is 2.59 bits per heavy atom. The molecule has 5 nitrogen and oxygen atoms in total. The maximum Gasteiger partial charge on any atom is 0.258 e. The number of nitrogens with zero attached hydrogens (tertiary/aromatic N) is 1. The summed E-state index contributed by atoms with van der Waals surface area (Å²) in [6, 6.07) is 14.0. The van der Waals surface area contributed by atoms with Crippen molar-refractivity contribution < 1.29 is 14.3 Å². The molecule has 2 aromatic rings. The van der Waals surface area contributed by atoms with Crippen molar-refractivity contribution in [2.45, 2.75) is 32.9 Å². The second kappa shape index (κ2) is 10.7. The van der Waals surface area contributed by atoms with Gasteiger partial charge in [0.15, 0.2) is 18.1 Å². The van der Waals surface area contributed by atoms with Crippen LogP contribution in [0.25, 0.3) is 6.08 Å². The van der Waals surface area contributed by atoms with Gasteiger partial charge >= 0.3 is 0 Å². The molecular weight excluding hydrogens is 364 g/mol. The molecule has 0 unspecified atom stereocenters. The molecule has 0 aromatic heterocycles. The van der Waals surface area contributed by atoms with Crippen LogP contribution in [0.3, 0.4) is 0 Å². The number of carbonyl (C=O) groups excluding carboxylic acids is 1. The van der Waals surface area contributed by atoms with Crippen LogP contribution in [0, 0.1) is 0 Å². The number of hydrogen-bond donors (Lipinski definition) is 1. The third kappa shape index (κ3) is 6.09. The zero-order chi connectivity index (χ0) is 20.5. The van der Waals surface area contributed by atoms with E-state index in [0.29, 0.717) is 18.0 Å². The van der Waals surface area contributed by atoms with Crippen molar-refractivity contribution in [3.8, 4) is 11.5 Å². The van der Waals surface area contributed by atoms with Gasteiger partial charge in [0.25, 0.3) is 5.91 Å². The number of amides is 1. The van der Waals surface area contributed by atoms with Gasteiger partial charge in [-0.15, -0.1) is 0 Å². The van der Waals surface area contributed by atoms with Gasteiger partial charge in [0, 0.05) is 13.1 Å². The van der Waals surface area contributed by atoms with E-state index in [1.807, 2.05) is 43.3 Å². The van der Waals surface area contributed by atoms with Gasteiger partial charge in [-0.25, -0.2) is 0 Å². The van der Waals surface area contributed by atoms with Gasteiger partial charge in [0.1, 0.15) is 0 Å². The van der Waals surface area contributed by atoms with Crippen LogP contribution in [-0.4, -0.2) is 37.6 Å². The van der Waals surface area contributed by atoms with E-state index >= 15 is 0 Å². The number of hydrogen-bond acceptors (Lipinski definition) is 4. The lowest BCUT2D eigenvalue weighted by Gasteiger charge is -2.18. The topological polar surface area (TPSA) is 50.8 Å². The van der Waals surface area contributed by atoms with Gasteiger partial charge in [-0.1, -0.05) is 42.5 Å². The van der Waals surface area contributed by atoms with Crippen LogP contribution < -0.4 is 14.8 Å². The lowest BCUT2D eigenvalue weighted by Crippen LogP contribution is -2.29. The first-order valence-electron chi connectivity index (χ1n) is 10.2. The summed E-state index contributed by atoms with van der Waals surface area (Å²) in [4.78, 5) is 14.8. The van der Waals surface area contributed by atoms with Crippen molar-refractivity contribution in [1.29, 1.82) is 0 Å². The van der Waals surface area contributed by atoms with Crippen LogP contribution in [0.15, 0.2) is 48.5 Å². The fourth-order valence-electron chi connectivity index (χ4n) is 3.55. The fourth-order valence-corrected chi connectivity index (χ4v) is 3.55. The summed E-state index contributed by atoms with van der Waals surface area (Å²) < 4.78 is 11.1. The predicted molar refractivity (Wildman–Crippen MR) is 116 cm³/mol. The highest BCUT2D eigenvalue weighted by atomic mass is 16.5. The monoisotopic (exact) mass is 394 g/mol. The maximum atomic E-state index is 12.3. The number of rotatable bonds is 9. The molecule has 1 aliphatic rings. The second-order valence-corrected chi connectivity index (χ2v) is 7.23. The van der Waals surface area contributed by atoms with Crippen LogP contribution in [0.4, 0.5) is 0 Å². The van der Waals surface area contributed by atoms with Crippen LogP contribution in [-0.2, 0) is 17.9 Å². The molecule has 1 amide bonds. The third-order valence-corrected chi connectivity index (χ3v) is 5.09. The Bertz CT molecular complexity index is 842. The van der Waals surface area contributed by atoms with Crippen molar-refractivity contribution in [3.63, 3.8) is 0 Å². The largest absolute Gasteiger partial charge is 0.493 e. The molecule has 154 valence electrons. The Morgan fingerprint density at radius 1 is 1.10 bits per heavy atom. The Kier molecular flexibility index (Phi) is 7.70. The molecule has 1 saturated heterocycles. The van der Waals surface area contributed by atoms with Crippen molar-refractivity contribution in [2.24, 2.45) is 0 Å². The van der Waals surface area contributed by atoms with Gasteiger partial charge < -0.3 is 14.8 Å². The lowest BCUT2D eigenvalue weighted by atomic mass is 10.1. The first-order chi connectivity index (χ1) is 14.2. The highest BCUT2D eigenvalue weighted by molar-refractivity contribution is 5.77. The number of carbonyl (C=O) groups is 1. The average molecular weight is 395 g/mol. The summed E-state index contributed by atoms with van der Waals surface area (Å²) in [6.07, 6.45) is 6.49. The minimum atomic E-state index is -0.152. The number of nitrogens with one attached hydrogen (secondary N) is 1. The Labute approximate surface area is 173 Å². The minimum Gasteiger partial charge on any atom is -0.493 e. The number of benzene rings is 2. The molecule has 0 aliphatic carbocycles. The number of allylic oxidation sites excluding steroid dienone is 1. The Morgan fingerprint density at radius 2 is 1.86 bits per heavy atom. The summed E-state index contributed by atoms with van der Waals surface area (Å²) in [7, 11) is 1.60. The number of methoxy groups -OCH3 is 1. The van der Waals surface area contributed by atoms with E-state index in [-0.39, 0.29) is 12.5 Å². The summed E-state index contributed by atoms with van der Waals surface area (Å²) >= 11 is 0. The molecule has 29 heavy (non-hydrogen) atoms. The molecule has 3 rings (SSSR count). The van der Waals surface area contributed by atoms with Crippen LogP contribution >= 0.6 is 0 Å². The molecule has 1 aliphatic heterocycles. The summed E-state index contributed by atoms with van der Waals surface area (Å²) in [5, 5.41) is 2.97. The first-order valence-corrected chi connectivity index (χ1v) is 10.2. The summed E-state index contributed by atoms with van der Waals surface area (Å²) in [6.45, 7) is 5.67. The second-order valence-electron chi connectivity index (χ2n) is 7.23. The van der Waals surface area contributed by atoms with Gasteiger partial charge in [-0.3, -0.25) is 9.69 Å². The van der Waals surface area contributed by atoms with Crippen LogP contribution in [0.2, 0.25) is 0 Å². The molecule has 1 N–H and O–H groups in total. The zero-order valence-electron chi connectivity index (χ0n) is 17.3. The van der Waals surface area contributed by atoms with Crippen molar-refractivity contribution >= 4 is 12.0 Å². The Balaban J connectivity index is 1.53. The van der Waals surface area contributed by atoms with E-state index in [1.54, 1.807) is 7.11 Å². The van der Waals surface area contributed by atoms with E-state index < -0.39 is 0 Å². The van der Waals surface area contributed by atoms with Gasteiger partial charge in [0.2, 0.25) is 0 Å². The quantitative estimate of drug-likeness (QED) is 0.698. The average Bonchev–Trinajstić information content (AvgIpc) is 3.25. The lowest BCUT2D eigenvalue weighted by molar-refractivity contribution is -0.123. The molecule has 1 heterocycles. The Hall–Kier alpha value is -2.79. The molecular formula is C24H30N2O3. The molecule has 5 heteroatoms. The standard InChI is InChI=1S/C24H30N2O3/c1-3-8-19-11-12-22(23(15-19)28-2)29-18-24(27)25-16-20-9-4-5-10-21(20)17-26-13-6-7-14-26/h3-5,8-12,15H,6-7,13-14,16-18H2,1-2H3,(H,25,27)/b8-3+. The van der Waals surface area contributed by atoms with Crippen LogP contribution in [0.5, 0.6) is 11.5 Å². The zero-order valence-corrected chi connectivity index (χ0v) is 17.3. The number of ether oxygens (including phenoxy) is 2. The smallest absolute Gasteiger partial charge is 0.258 e. The van der Waals surface area contributed by atoms with E-state index in [9.17, 15) is 4.79 Å². The van der Waals surface area contributed by atoms with E-state index in [1.165, 1.54) is 18.4 Å². The number of likely N-dealkylation sites (tertiary alicyclic amines) is 1. The van der Waals surface area contributed by atoms with Gasteiger partial charge in [0.05, 0.1) is 7.11 Å². The van der Waals surface area contributed by atoms with Gasteiger partial charge in [-0.05, 0) is 61.7 Å². The normalized spacial score (nSPS) is 14.3. The molecule has 0 atom stereocenters. The molecule has 1 fully saturated rings. The van der Waals surface area contributed by atoms with Crippen LogP contribution in [0.1, 0.15) is 36.5 Å². The minimum absolute atomic E-state index is 0.0480. The highest BCUT2D eigenvalue weighted by Crippen LogP contribution is 2.28. The van der Waals surface area contributed by atoms with E-state index in [4.69, 9.17) is 9.47 Å². The SMILES string of the molecule is C/C=C/c1ccc(OCC(=O)NCc2ccccc2CN2CCCC2)c(OC)c1.